The van der Waals surface area contributed by atoms with E-state index in [0.29, 0.717) is 24.5 Å². The monoisotopic (exact) mass is 471 g/mol. The summed E-state index contributed by atoms with van der Waals surface area (Å²) in [6.07, 6.45) is -2.72. The molecule has 1 aliphatic heterocycles. The van der Waals surface area contributed by atoms with Gasteiger partial charge in [0.05, 0.1) is 4.90 Å². The van der Waals surface area contributed by atoms with E-state index in [1.54, 1.807) is 6.92 Å². The van der Waals surface area contributed by atoms with Crippen molar-refractivity contribution < 1.29 is 31.1 Å². The van der Waals surface area contributed by atoms with Crippen LogP contribution in [0.15, 0.2) is 53.4 Å². The molecule has 2 aromatic rings. The average molecular weight is 472 g/mol. The maximum Gasteiger partial charge on any atom is 0.422 e. The van der Waals surface area contributed by atoms with Gasteiger partial charge >= 0.3 is 6.18 Å². The lowest BCUT2D eigenvalue weighted by molar-refractivity contribution is -0.153. The number of hydrogen-bond acceptors (Lipinski definition) is 5. The largest absolute Gasteiger partial charge is 0.484 e. The van der Waals surface area contributed by atoms with E-state index < -0.39 is 28.8 Å². The summed E-state index contributed by atoms with van der Waals surface area (Å²) in [5.41, 5.74) is 0.971. The first-order chi connectivity index (χ1) is 15.0. The number of sulfonamides is 1. The fraction of sp³-hybridized carbons (Fsp3) is 0.381. The topological polar surface area (TPSA) is 87.7 Å². The van der Waals surface area contributed by atoms with Crippen LogP contribution in [0.2, 0.25) is 0 Å². The van der Waals surface area contributed by atoms with Crippen LogP contribution in [0.25, 0.3) is 0 Å². The van der Waals surface area contributed by atoms with E-state index in [2.05, 4.69) is 15.4 Å². The van der Waals surface area contributed by atoms with Crippen LogP contribution in [0.4, 0.5) is 24.5 Å². The van der Waals surface area contributed by atoms with Crippen LogP contribution in [0.3, 0.4) is 0 Å². The maximum absolute atomic E-state index is 12.6. The highest BCUT2D eigenvalue weighted by atomic mass is 32.2. The summed E-state index contributed by atoms with van der Waals surface area (Å²) in [7, 11) is -3.52. The Balaban J connectivity index is 1.54. The highest BCUT2D eigenvalue weighted by Gasteiger charge is 2.28. The minimum atomic E-state index is -4.42. The Morgan fingerprint density at radius 3 is 2.16 bits per heavy atom. The molecule has 1 aliphatic rings. The number of benzene rings is 2. The molecule has 1 amide bonds. The van der Waals surface area contributed by atoms with E-state index in [-0.39, 0.29) is 16.6 Å². The number of nitrogens with one attached hydrogen (secondary N) is 2. The lowest BCUT2D eigenvalue weighted by Crippen LogP contribution is -2.32. The zero-order valence-corrected chi connectivity index (χ0v) is 18.2. The predicted octanol–water partition coefficient (Wildman–Crippen LogP) is 3.85. The van der Waals surface area contributed by atoms with Gasteiger partial charge in [0.25, 0.3) is 0 Å². The van der Waals surface area contributed by atoms with Crippen molar-refractivity contribution in [1.82, 2.24) is 4.31 Å². The number of amides is 1. The molecule has 0 unspecified atom stereocenters. The Bertz CT molecular complexity index is 1020. The van der Waals surface area contributed by atoms with Crippen molar-refractivity contribution in [1.29, 1.82) is 0 Å². The highest BCUT2D eigenvalue weighted by Crippen LogP contribution is 2.23. The van der Waals surface area contributed by atoms with Gasteiger partial charge in [-0.3, -0.25) is 4.79 Å². The predicted molar refractivity (Wildman–Crippen MR) is 114 cm³/mol. The molecule has 0 radical (unpaired) electrons. The van der Waals surface area contributed by atoms with Crippen molar-refractivity contribution in [2.45, 2.75) is 36.9 Å². The molecule has 2 N–H and O–H groups in total. The number of alkyl halides is 3. The molecule has 3 rings (SSSR count). The first kappa shape index (κ1) is 23.9. The van der Waals surface area contributed by atoms with Crippen LogP contribution in [-0.4, -0.2) is 50.5 Å². The zero-order chi connectivity index (χ0) is 23.4. The SMILES string of the molecule is C[C@H](Nc1ccc(OCC(F)(F)F)cc1)C(=O)Nc1ccc(S(=O)(=O)N2CCCC2)cc1. The van der Waals surface area contributed by atoms with Gasteiger partial charge in [0.2, 0.25) is 15.9 Å². The fourth-order valence-corrected chi connectivity index (χ4v) is 4.68. The number of nitrogens with zero attached hydrogens (tertiary/aromatic N) is 1. The number of anilines is 2. The highest BCUT2D eigenvalue weighted by molar-refractivity contribution is 7.89. The number of carbonyl (C=O) groups is 1. The summed E-state index contributed by atoms with van der Waals surface area (Å²) in [4.78, 5) is 12.6. The molecule has 0 aromatic heterocycles. The van der Waals surface area contributed by atoms with E-state index in [0.717, 1.165) is 12.8 Å². The molecule has 0 aliphatic carbocycles. The van der Waals surface area contributed by atoms with E-state index in [9.17, 15) is 26.4 Å². The minimum Gasteiger partial charge on any atom is -0.484 e. The Morgan fingerprint density at radius 2 is 1.59 bits per heavy atom. The summed E-state index contributed by atoms with van der Waals surface area (Å²) >= 11 is 0. The molecule has 1 heterocycles. The molecular formula is C21H24F3N3O4S. The maximum atomic E-state index is 12.6. The molecule has 0 spiro atoms. The lowest BCUT2D eigenvalue weighted by Gasteiger charge is -2.17. The number of rotatable bonds is 8. The molecule has 0 bridgehead atoms. The van der Waals surface area contributed by atoms with Gasteiger partial charge in [0.1, 0.15) is 11.8 Å². The number of carbonyl (C=O) groups excluding carboxylic acids is 1. The second-order valence-corrected chi connectivity index (χ2v) is 9.36. The second-order valence-electron chi connectivity index (χ2n) is 7.42. The van der Waals surface area contributed by atoms with Gasteiger partial charge in [-0.25, -0.2) is 8.42 Å². The molecule has 2 aromatic carbocycles. The molecule has 174 valence electrons. The summed E-state index contributed by atoms with van der Waals surface area (Å²) in [5, 5.41) is 5.64. The normalized spacial score (nSPS) is 15.9. The van der Waals surface area contributed by atoms with Gasteiger partial charge in [-0.05, 0) is 68.3 Å². The molecule has 7 nitrogen and oxygen atoms in total. The Morgan fingerprint density at radius 1 is 1.03 bits per heavy atom. The van der Waals surface area contributed by atoms with Gasteiger partial charge in [0, 0.05) is 24.5 Å². The van der Waals surface area contributed by atoms with Crippen molar-refractivity contribution in [3.8, 4) is 5.75 Å². The second kappa shape index (κ2) is 9.78. The number of hydrogen-bond donors (Lipinski definition) is 2. The van der Waals surface area contributed by atoms with E-state index >= 15 is 0 Å². The van der Waals surface area contributed by atoms with Gasteiger partial charge in [-0.2, -0.15) is 17.5 Å². The first-order valence-electron chi connectivity index (χ1n) is 10.0. The van der Waals surface area contributed by atoms with Gasteiger partial charge in [-0.15, -0.1) is 0 Å². The van der Waals surface area contributed by atoms with E-state index in [1.165, 1.54) is 52.8 Å². The van der Waals surface area contributed by atoms with Crippen LogP contribution in [0, 0.1) is 0 Å². The summed E-state index contributed by atoms with van der Waals surface area (Å²) in [6, 6.07) is 11.1. The minimum absolute atomic E-state index is 0.0638. The summed E-state index contributed by atoms with van der Waals surface area (Å²) in [6.45, 7) is 1.27. The van der Waals surface area contributed by atoms with Gasteiger partial charge < -0.3 is 15.4 Å². The average Bonchev–Trinajstić information content (AvgIpc) is 3.29. The van der Waals surface area contributed by atoms with Crippen molar-refractivity contribution in [2.24, 2.45) is 0 Å². The first-order valence-corrected chi connectivity index (χ1v) is 11.5. The Hall–Kier alpha value is -2.79. The van der Waals surface area contributed by atoms with Crippen molar-refractivity contribution >= 4 is 27.3 Å². The van der Waals surface area contributed by atoms with Crippen molar-refractivity contribution in [3.63, 3.8) is 0 Å². The molecule has 0 saturated carbocycles. The number of halogens is 3. The molecule has 32 heavy (non-hydrogen) atoms. The van der Waals surface area contributed by atoms with Crippen molar-refractivity contribution in [3.05, 3.63) is 48.5 Å². The van der Waals surface area contributed by atoms with Gasteiger partial charge in [0.15, 0.2) is 6.61 Å². The standard InChI is InChI=1S/C21H24F3N3O4S/c1-15(25-16-4-8-18(9-5-16)31-14-21(22,23)24)20(28)26-17-6-10-19(11-7-17)32(29,30)27-12-2-3-13-27/h4-11,15,25H,2-3,12-14H2,1H3,(H,26,28)/t15-/m0/s1. The summed E-state index contributed by atoms with van der Waals surface area (Å²) in [5.74, 6) is -0.300. The fourth-order valence-electron chi connectivity index (χ4n) is 3.17. The smallest absolute Gasteiger partial charge is 0.422 e. The van der Waals surface area contributed by atoms with E-state index in [1.807, 2.05) is 0 Å². The third-order valence-corrected chi connectivity index (χ3v) is 6.77. The number of ether oxygens (including phenoxy) is 1. The van der Waals surface area contributed by atoms with Crippen LogP contribution in [0.5, 0.6) is 5.75 Å². The lowest BCUT2D eigenvalue weighted by atomic mass is 10.2. The van der Waals surface area contributed by atoms with Crippen LogP contribution >= 0.6 is 0 Å². The Kier molecular flexibility index (Phi) is 7.29. The van der Waals surface area contributed by atoms with Crippen LogP contribution in [-0.2, 0) is 14.8 Å². The molecule has 1 fully saturated rings. The summed E-state index contributed by atoms with van der Waals surface area (Å²) < 4.78 is 67.8. The molecular weight excluding hydrogens is 447 g/mol. The zero-order valence-electron chi connectivity index (χ0n) is 17.4. The van der Waals surface area contributed by atoms with E-state index in [4.69, 9.17) is 0 Å². The third-order valence-electron chi connectivity index (χ3n) is 4.86. The quantitative estimate of drug-likeness (QED) is 0.611. The van der Waals surface area contributed by atoms with Gasteiger partial charge in [-0.1, -0.05) is 0 Å². The van der Waals surface area contributed by atoms with Crippen LogP contribution in [0.1, 0.15) is 19.8 Å². The molecule has 1 saturated heterocycles. The van der Waals surface area contributed by atoms with Crippen LogP contribution < -0.4 is 15.4 Å². The molecule has 11 heteroatoms. The Labute approximate surface area is 184 Å². The third kappa shape index (κ3) is 6.36. The van der Waals surface area contributed by atoms with Crippen molar-refractivity contribution in [2.75, 3.05) is 30.3 Å². The molecule has 1 atom stereocenters.